The number of carbonyl (C=O) groups is 1. The molecule has 1 aliphatic rings. The van der Waals surface area contributed by atoms with Crippen molar-refractivity contribution >= 4 is 23.2 Å². The van der Waals surface area contributed by atoms with E-state index in [0.717, 1.165) is 17.2 Å². The molecule has 2 aromatic heterocycles. The van der Waals surface area contributed by atoms with Crippen LogP contribution in [0.25, 0.3) is 11.0 Å². The molecule has 1 amide bonds. The van der Waals surface area contributed by atoms with Gasteiger partial charge in [-0.3, -0.25) is 9.48 Å². The molecule has 0 aliphatic carbocycles. The summed E-state index contributed by atoms with van der Waals surface area (Å²) in [5, 5.41) is 9.73. The first kappa shape index (κ1) is 20.6. The molecule has 1 aromatic carbocycles. The number of allylic oxidation sites excluding steroid dienone is 1. The van der Waals surface area contributed by atoms with Gasteiger partial charge in [-0.15, -0.1) is 0 Å². The Kier molecular flexibility index (Phi) is 5.75. The largest absolute Gasteiger partial charge is 0.481 e. The van der Waals surface area contributed by atoms with Gasteiger partial charge in [0.05, 0.1) is 31.4 Å². The Morgan fingerprint density at radius 1 is 1.23 bits per heavy atom. The summed E-state index contributed by atoms with van der Waals surface area (Å²) in [6.07, 6.45) is 4.25. The van der Waals surface area contributed by atoms with Crippen molar-refractivity contribution < 1.29 is 18.3 Å². The third-order valence-electron chi connectivity index (χ3n) is 5.10. The van der Waals surface area contributed by atoms with E-state index in [9.17, 15) is 13.6 Å². The van der Waals surface area contributed by atoms with Gasteiger partial charge in [0, 0.05) is 31.2 Å². The number of ether oxygens (including phenoxy) is 1. The minimum Gasteiger partial charge on any atom is -0.481 e. The molecule has 0 spiro atoms. The molecule has 160 valence electrons. The number of halogens is 2. The summed E-state index contributed by atoms with van der Waals surface area (Å²) in [7, 11) is 1.55. The molecule has 1 aliphatic heterocycles. The molecule has 9 heteroatoms. The Balaban J connectivity index is 1.38. The molecule has 0 radical (unpaired) electrons. The first-order valence-corrected chi connectivity index (χ1v) is 9.78. The third kappa shape index (κ3) is 4.45. The second-order valence-electron chi connectivity index (χ2n) is 7.30. The van der Waals surface area contributed by atoms with E-state index in [0.29, 0.717) is 36.3 Å². The summed E-state index contributed by atoms with van der Waals surface area (Å²) in [6.45, 7) is 4.49. The number of benzene rings is 1. The number of pyridine rings is 1. The molecule has 0 fully saturated rings. The van der Waals surface area contributed by atoms with Crippen molar-refractivity contribution in [3.63, 3.8) is 0 Å². The van der Waals surface area contributed by atoms with Gasteiger partial charge in [0.25, 0.3) is 0 Å². The number of hydrogen-bond donors (Lipinski definition) is 0. The quantitative estimate of drug-likeness (QED) is 0.536. The SMILES string of the molecule is C=C(CCC(=O)N1N=CCC1c1cc(F)cc(F)c1)Cn1ncc2nc(OC)ccc21. The predicted octanol–water partition coefficient (Wildman–Crippen LogP) is 4.01. The first-order chi connectivity index (χ1) is 14.9. The molecule has 3 heterocycles. The molecule has 4 rings (SSSR count). The van der Waals surface area contributed by atoms with Crippen LogP contribution in [-0.4, -0.2) is 39.0 Å². The number of aromatic nitrogens is 3. The zero-order valence-electron chi connectivity index (χ0n) is 17.0. The lowest BCUT2D eigenvalue weighted by Crippen LogP contribution is -2.27. The Morgan fingerprint density at radius 2 is 2.00 bits per heavy atom. The highest BCUT2D eigenvalue weighted by Gasteiger charge is 2.28. The maximum atomic E-state index is 13.6. The van der Waals surface area contributed by atoms with E-state index in [1.165, 1.54) is 17.1 Å². The number of carbonyl (C=O) groups excluding carboxylic acids is 1. The van der Waals surface area contributed by atoms with Crippen LogP contribution in [0.4, 0.5) is 8.78 Å². The molecular weight excluding hydrogens is 404 g/mol. The fourth-order valence-electron chi connectivity index (χ4n) is 3.58. The molecule has 3 aromatic rings. The average molecular weight is 425 g/mol. The number of rotatable bonds is 7. The Bertz CT molecular complexity index is 1150. The van der Waals surface area contributed by atoms with E-state index < -0.39 is 17.7 Å². The summed E-state index contributed by atoms with van der Waals surface area (Å²) in [6, 6.07) is 6.38. The van der Waals surface area contributed by atoms with E-state index in [4.69, 9.17) is 4.74 Å². The van der Waals surface area contributed by atoms with Crippen molar-refractivity contribution in [1.29, 1.82) is 0 Å². The Hall–Kier alpha value is -3.62. The highest BCUT2D eigenvalue weighted by molar-refractivity contribution is 5.80. The number of hydrazone groups is 1. The van der Waals surface area contributed by atoms with Crippen LogP contribution >= 0.6 is 0 Å². The molecule has 1 unspecified atom stereocenters. The zero-order chi connectivity index (χ0) is 22.0. The van der Waals surface area contributed by atoms with Crippen molar-refractivity contribution in [1.82, 2.24) is 19.8 Å². The van der Waals surface area contributed by atoms with E-state index in [-0.39, 0.29) is 12.3 Å². The van der Waals surface area contributed by atoms with Crippen LogP contribution in [0.5, 0.6) is 5.88 Å². The van der Waals surface area contributed by atoms with Gasteiger partial charge in [0.2, 0.25) is 11.8 Å². The molecule has 7 nitrogen and oxygen atoms in total. The highest BCUT2D eigenvalue weighted by Crippen LogP contribution is 2.30. The molecule has 0 N–H and O–H groups in total. The summed E-state index contributed by atoms with van der Waals surface area (Å²) in [5.74, 6) is -1.08. The van der Waals surface area contributed by atoms with Gasteiger partial charge in [0.1, 0.15) is 17.2 Å². The lowest BCUT2D eigenvalue weighted by molar-refractivity contribution is -0.133. The zero-order valence-corrected chi connectivity index (χ0v) is 17.0. The van der Waals surface area contributed by atoms with Gasteiger partial charge >= 0.3 is 0 Å². The Morgan fingerprint density at radius 3 is 2.74 bits per heavy atom. The summed E-state index contributed by atoms with van der Waals surface area (Å²) in [4.78, 5) is 17.1. The van der Waals surface area contributed by atoms with E-state index in [1.807, 2.05) is 6.07 Å². The van der Waals surface area contributed by atoms with E-state index in [2.05, 4.69) is 21.8 Å². The van der Waals surface area contributed by atoms with Crippen LogP contribution in [0.2, 0.25) is 0 Å². The molecular formula is C22H21F2N5O2. The van der Waals surface area contributed by atoms with Gasteiger partial charge in [-0.1, -0.05) is 12.2 Å². The van der Waals surface area contributed by atoms with Crippen LogP contribution in [0.3, 0.4) is 0 Å². The van der Waals surface area contributed by atoms with Crippen LogP contribution in [-0.2, 0) is 11.3 Å². The van der Waals surface area contributed by atoms with Gasteiger partial charge < -0.3 is 4.74 Å². The van der Waals surface area contributed by atoms with E-state index in [1.54, 1.807) is 30.3 Å². The third-order valence-corrected chi connectivity index (χ3v) is 5.10. The maximum Gasteiger partial charge on any atom is 0.243 e. The lowest BCUT2D eigenvalue weighted by Gasteiger charge is -2.22. The standard InChI is InChI=1S/C22H21F2N5O2/c1-14(13-28-20-4-5-21(31-2)27-18(20)12-26-28)3-6-22(30)29-19(7-8-25-29)15-9-16(23)11-17(24)10-15/h4-5,8-12,19H,1,3,6-7,13H2,2H3. The molecule has 0 saturated carbocycles. The second kappa shape index (κ2) is 8.63. The van der Waals surface area contributed by atoms with Gasteiger partial charge in [-0.25, -0.2) is 18.8 Å². The molecule has 0 saturated heterocycles. The lowest BCUT2D eigenvalue weighted by atomic mass is 10.0. The normalized spacial score (nSPS) is 15.6. The summed E-state index contributed by atoms with van der Waals surface area (Å²) < 4.78 is 34.0. The van der Waals surface area contributed by atoms with Crippen LogP contribution < -0.4 is 4.74 Å². The topological polar surface area (TPSA) is 72.6 Å². The van der Waals surface area contributed by atoms with Crippen molar-refractivity contribution in [3.8, 4) is 5.88 Å². The monoisotopic (exact) mass is 425 g/mol. The molecule has 31 heavy (non-hydrogen) atoms. The first-order valence-electron chi connectivity index (χ1n) is 9.78. The van der Waals surface area contributed by atoms with Crippen LogP contribution in [0.1, 0.15) is 30.9 Å². The van der Waals surface area contributed by atoms with E-state index >= 15 is 0 Å². The maximum absolute atomic E-state index is 13.6. The number of fused-ring (bicyclic) bond motifs is 1. The van der Waals surface area contributed by atoms with Crippen molar-refractivity contribution in [2.45, 2.75) is 31.8 Å². The highest BCUT2D eigenvalue weighted by atomic mass is 19.1. The minimum atomic E-state index is -0.679. The predicted molar refractivity (Wildman–Crippen MR) is 112 cm³/mol. The van der Waals surface area contributed by atoms with Gasteiger partial charge in [0.15, 0.2) is 0 Å². The van der Waals surface area contributed by atoms with Crippen molar-refractivity contribution in [3.05, 3.63) is 65.9 Å². The molecule has 1 atom stereocenters. The fraction of sp³-hybridized carbons (Fsp3) is 0.273. The number of hydrogen-bond acceptors (Lipinski definition) is 5. The van der Waals surface area contributed by atoms with Crippen molar-refractivity contribution in [2.75, 3.05) is 7.11 Å². The van der Waals surface area contributed by atoms with Crippen LogP contribution in [0.15, 0.2) is 53.8 Å². The Labute approximate surface area is 177 Å². The number of methoxy groups -OCH3 is 1. The van der Waals surface area contributed by atoms with Gasteiger partial charge in [-0.2, -0.15) is 10.2 Å². The number of nitrogens with zero attached hydrogens (tertiary/aromatic N) is 5. The second-order valence-corrected chi connectivity index (χ2v) is 7.30. The van der Waals surface area contributed by atoms with Crippen LogP contribution in [0, 0.1) is 11.6 Å². The summed E-state index contributed by atoms with van der Waals surface area (Å²) >= 11 is 0. The van der Waals surface area contributed by atoms with Gasteiger partial charge in [-0.05, 0) is 30.2 Å². The smallest absolute Gasteiger partial charge is 0.243 e. The average Bonchev–Trinajstić information content (AvgIpc) is 3.38. The van der Waals surface area contributed by atoms with Crippen molar-refractivity contribution in [2.24, 2.45) is 5.10 Å². The fourth-order valence-corrected chi connectivity index (χ4v) is 3.58. The minimum absolute atomic E-state index is 0.176. The summed E-state index contributed by atoms with van der Waals surface area (Å²) in [5.41, 5.74) is 2.74. The number of amides is 1. The molecule has 0 bridgehead atoms.